The number of rotatable bonds is 3. The molecule has 4 aromatic rings. The first-order chi connectivity index (χ1) is 12.1. The highest BCUT2D eigenvalue weighted by atomic mass is 16.5. The normalized spacial score (nSPS) is 11.2. The molecule has 0 unspecified atom stereocenters. The third-order valence-corrected chi connectivity index (χ3v) is 4.49. The molecule has 2 heterocycles. The van der Waals surface area contributed by atoms with E-state index in [1.807, 2.05) is 26.0 Å². The van der Waals surface area contributed by atoms with Crippen molar-refractivity contribution in [3.8, 4) is 28.0 Å². The molecule has 0 fully saturated rings. The Morgan fingerprint density at radius 1 is 1.04 bits per heavy atom. The molecule has 2 aromatic heterocycles. The summed E-state index contributed by atoms with van der Waals surface area (Å²) in [6.45, 7) is 5.96. The van der Waals surface area contributed by atoms with E-state index in [1.165, 1.54) is 5.56 Å². The van der Waals surface area contributed by atoms with Crippen molar-refractivity contribution >= 4 is 11.0 Å². The van der Waals surface area contributed by atoms with Gasteiger partial charge in [-0.3, -0.25) is 0 Å². The van der Waals surface area contributed by atoms with Crippen LogP contribution in [0.2, 0.25) is 0 Å². The van der Waals surface area contributed by atoms with Crippen molar-refractivity contribution in [3.05, 3.63) is 53.7 Å². The Morgan fingerprint density at radius 3 is 2.60 bits per heavy atom. The van der Waals surface area contributed by atoms with E-state index in [-0.39, 0.29) is 0 Å². The van der Waals surface area contributed by atoms with E-state index >= 15 is 0 Å². The summed E-state index contributed by atoms with van der Waals surface area (Å²) < 4.78 is 10.9. The summed E-state index contributed by atoms with van der Waals surface area (Å²) in [4.78, 5) is 7.74. The molecule has 1 N–H and O–H groups in total. The molecule has 0 radical (unpaired) electrons. The second-order valence-corrected chi connectivity index (χ2v) is 6.23. The first-order valence-corrected chi connectivity index (χ1v) is 8.14. The number of imidazole rings is 1. The lowest BCUT2D eigenvalue weighted by Crippen LogP contribution is -1.92. The number of hydrogen-bond donors (Lipinski definition) is 1. The molecule has 5 nitrogen and oxygen atoms in total. The standard InChI is InChI=1S/C20H19N3O2/c1-11-5-6-18(24-4)15(7-11)16-8-14(9-17-20(16)22-10-21-17)19-12(2)23-25-13(19)3/h5-10H,1-4H3,(H,21,22). The van der Waals surface area contributed by atoms with Crippen molar-refractivity contribution in [1.82, 2.24) is 15.1 Å². The average molecular weight is 333 g/mol. The van der Waals surface area contributed by atoms with E-state index < -0.39 is 0 Å². The highest BCUT2D eigenvalue weighted by Crippen LogP contribution is 2.39. The predicted octanol–water partition coefficient (Wildman–Crippen LogP) is 4.82. The zero-order valence-corrected chi connectivity index (χ0v) is 14.7. The zero-order valence-electron chi connectivity index (χ0n) is 14.7. The van der Waals surface area contributed by atoms with Gasteiger partial charge in [-0.25, -0.2) is 4.98 Å². The fourth-order valence-corrected chi connectivity index (χ4v) is 3.33. The van der Waals surface area contributed by atoms with Gasteiger partial charge in [0, 0.05) is 16.7 Å². The predicted molar refractivity (Wildman–Crippen MR) is 97.8 cm³/mol. The topological polar surface area (TPSA) is 63.9 Å². The third-order valence-electron chi connectivity index (χ3n) is 4.49. The minimum Gasteiger partial charge on any atom is -0.496 e. The molecule has 0 bridgehead atoms. The zero-order chi connectivity index (χ0) is 17.6. The Bertz CT molecular complexity index is 1060. The van der Waals surface area contributed by atoms with E-state index in [4.69, 9.17) is 9.26 Å². The van der Waals surface area contributed by atoms with Gasteiger partial charge in [0.25, 0.3) is 0 Å². The van der Waals surface area contributed by atoms with Crippen molar-refractivity contribution in [2.45, 2.75) is 20.8 Å². The first kappa shape index (κ1) is 15.4. The van der Waals surface area contributed by atoms with Gasteiger partial charge in [-0.05, 0) is 50.6 Å². The van der Waals surface area contributed by atoms with Gasteiger partial charge in [0.05, 0.1) is 30.2 Å². The van der Waals surface area contributed by atoms with Gasteiger partial charge in [-0.2, -0.15) is 0 Å². The van der Waals surface area contributed by atoms with E-state index in [2.05, 4.69) is 40.2 Å². The fraction of sp³-hybridized carbons (Fsp3) is 0.200. The molecule has 2 aromatic carbocycles. The maximum atomic E-state index is 5.59. The van der Waals surface area contributed by atoms with Crippen LogP contribution < -0.4 is 4.74 Å². The minimum absolute atomic E-state index is 0.804. The number of ether oxygens (including phenoxy) is 1. The molecular formula is C20H19N3O2. The SMILES string of the molecule is COc1ccc(C)cc1-c1cc(-c2c(C)noc2C)cc2[nH]cnc12. The van der Waals surface area contributed by atoms with E-state index in [9.17, 15) is 0 Å². The molecule has 5 heteroatoms. The summed E-state index contributed by atoms with van der Waals surface area (Å²) in [6.07, 6.45) is 1.72. The second-order valence-electron chi connectivity index (χ2n) is 6.23. The highest BCUT2D eigenvalue weighted by Gasteiger charge is 2.17. The molecular weight excluding hydrogens is 314 g/mol. The maximum absolute atomic E-state index is 5.59. The molecule has 0 saturated carbocycles. The van der Waals surface area contributed by atoms with Gasteiger partial charge in [-0.1, -0.05) is 16.8 Å². The van der Waals surface area contributed by atoms with Gasteiger partial charge in [0.1, 0.15) is 11.5 Å². The first-order valence-electron chi connectivity index (χ1n) is 8.14. The Labute approximate surface area is 145 Å². The van der Waals surface area contributed by atoms with Gasteiger partial charge in [-0.15, -0.1) is 0 Å². The second kappa shape index (κ2) is 5.77. The molecule has 0 spiro atoms. The summed E-state index contributed by atoms with van der Waals surface area (Å²) in [7, 11) is 1.69. The highest BCUT2D eigenvalue weighted by molar-refractivity contribution is 5.97. The summed E-state index contributed by atoms with van der Waals surface area (Å²) in [5, 5.41) is 4.08. The molecule has 0 aliphatic carbocycles. The monoisotopic (exact) mass is 333 g/mol. The Morgan fingerprint density at radius 2 is 1.88 bits per heavy atom. The number of fused-ring (bicyclic) bond motifs is 1. The quantitative estimate of drug-likeness (QED) is 0.584. The number of nitrogens with zero attached hydrogens (tertiary/aromatic N) is 2. The third kappa shape index (κ3) is 2.48. The number of aromatic amines is 1. The number of aromatic nitrogens is 3. The summed E-state index contributed by atoms with van der Waals surface area (Å²) in [5.41, 5.74) is 8.04. The van der Waals surface area contributed by atoms with Gasteiger partial charge < -0.3 is 14.2 Å². The van der Waals surface area contributed by atoms with Crippen molar-refractivity contribution in [2.75, 3.05) is 7.11 Å². The minimum atomic E-state index is 0.804. The van der Waals surface area contributed by atoms with Crippen LogP contribution in [0.1, 0.15) is 17.0 Å². The number of methoxy groups -OCH3 is 1. The number of benzene rings is 2. The van der Waals surface area contributed by atoms with Gasteiger partial charge in [0.2, 0.25) is 0 Å². The largest absolute Gasteiger partial charge is 0.496 e. The molecule has 126 valence electrons. The smallest absolute Gasteiger partial charge is 0.141 e. The number of nitrogens with one attached hydrogen (secondary N) is 1. The fourth-order valence-electron chi connectivity index (χ4n) is 3.33. The van der Waals surface area contributed by atoms with Crippen molar-refractivity contribution < 1.29 is 9.26 Å². The molecule has 4 rings (SSSR count). The molecule has 0 aliphatic heterocycles. The lowest BCUT2D eigenvalue weighted by atomic mass is 9.95. The Hall–Kier alpha value is -3.08. The van der Waals surface area contributed by atoms with Crippen molar-refractivity contribution in [3.63, 3.8) is 0 Å². The van der Waals surface area contributed by atoms with Crippen LogP contribution in [-0.4, -0.2) is 22.2 Å². The number of aryl methyl sites for hydroxylation is 3. The van der Waals surface area contributed by atoms with E-state index in [1.54, 1.807) is 13.4 Å². The maximum Gasteiger partial charge on any atom is 0.141 e. The van der Waals surface area contributed by atoms with Crippen LogP contribution in [0.15, 0.2) is 41.2 Å². The molecule has 0 atom stereocenters. The summed E-state index contributed by atoms with van der Waals surface area (Å²) >= 11 is 0. The Balaban J connectivity index is 2.05. The van der Waals surface area contributed by atoms with Gasteiger partial charge >= 0.3 is 0 Å². The Kier molecular flexibility index (Phi) is 3.57. The van der Waals surface area contributed by atoms with E-state index in [0.29, 0.717) is 0 Å². The number of hydrogen-bond acceptors (Lipinski definition) is 4. The summed E-state index contributed by atoms with van der Waals surface area (Å²) in [5.74, 6) is 1.63. The summed E-state index contributed by atoms with van der Waals surface area (Å²) in [6, 6.07) is 10.4. The van der Waals surface area contributed by atoms with Crippen LogP contribution in [0.3, 0.4) is 0 Å². The van der Waals surface area contributed by atoms with Crippen LogP contribution in [0.25, 0.3) is 33.3 Å². The lowest BCUT2D eigenvalue weighted by Gasteiger charge is -2.12. The molecule has 25 heavy (non-hydrogen) atoms. The van der Waals surface area contributed by atoms with Crippen molar-refractivity contribution in [2.24, 2.45) is 0 Å². The average Bonchev–Trinajstić information content (AvgIpc) is 3.20. The number of H-pyrrole nitrogens is 1. The lowest BCUT2D eigenvalue weighted by molar-refractivity contribution is 0.393. The van der Waals surface area contributed by atoms with Crippen LogP contribution >= 0.6 is 0 Å². The molecule has 0 saturated heterocycles. The van der Waals surface area contributed by atoms with Crippen LogP contribution in [-0.2, 0) is 0 Å². The molecule has 0 amide bonds. The van der Waals surface area contributed by atoms with E-state index in [0.717, 1.165) is 50.5 Å². The van der Waals surface area contributed by atoms with Crippen LogP contribution in [0.5, 0.6) is 5.75 Å². The van der Waals surface area contributed by atoms with Gasteiger partial charge in [0.15, 0.2) is 0 Å². The van der Waals surface area contributed by atoms with Crippen molar-refractivity contribution in [1.29, 1.82) is 0 Å². The molecule has 0 aliphatic rings. The van der Waals surface area contributed by atoms with Crippen LogP contribution in [0.4, 0.5) is 0 Å². The van der Waals surface area contributed by atoms with Crippen LogP contribution in [0, 0.1) is 20.8 Å².